The maximum Gasteiger partial charge on any atom is 0.00673 e. The Labute approximate surface area is 116 Å². The van der Waals surface area contributed by atoms with Crippen molar-refractivity contribution < 1.29 is 0 Å². The highest BCUT2D eigenvalue weighted by molar-refractivity contribution is 7.09. The largest absolute Gasteiger partial charge is 0.327 e. The number of aryl methyl sites for hydroxylation is 1. The number of hydrogen-bond donors (Lipinski definition) is 1. The van der Waals surface area contributed by atoms with Crippen LogP contribution in [0.15, 0.2) is 17.5 Å². The second-order valence-electron chi connectivity index (χ2n) is 5.84. The second kappa shape index (κ2) is 7.30. The van der Waals surface area contributed by atoms with Crippen LogP contribution in [0.5, 0.6) is 0 Å². The van der Waals surface area contributed by atoms with Gasteiger partial charge < -0.3 is 5.73 Å². The third-order valence-corrected chi connectivity index (χ3v) is 5.48. The molecule has 0 spiro atoms. The summed E-state index contributed by atoms with van der Waals surface area (Å²) < 4.78 is 0. The van der Waals surface area contributed by atoms with E-state index in [9.17, 15) is 0 Å². The van der Waals surface area contributed by atoms with Crippen LogP contribution in [0.3, 0.4) is 0 Å². The zero-order valence-electron chi connectivity index (χ0n) is 11.6. The molecule has 1 aromatic rings. The van der Waals surface area contributed by atoms with Crippen molar-refractivity contribution in [3.05, 3.63) is 22.4 Å². The highest BCUT2D eigenvalue weighted by Gasteiger charge is 2.25. The van der Waals surface area contributed by atoms with Gasteiger partial charge in [-0.25, -0.2) is 0 Å². The Balaban J connectivity index is 1.68. The minimum atomic E-state index is 0.444. The summed E-state index contributed by atoms with van der Waals surface area (Å²) in [5, 5.41) is 2.17. The summed E-state index contributed by atoms with van der Waals surface area (Å²) in [6.45, 7) is 2.33. The summed E-state index contributed by atoms with van der Waals surface area (Å²) in [4.78, 5) is 1.51. The average Bonchev–Trinajstić information content (AvgIpc) is 2.92. The monoisotopic (exact) mass is 265 g/mol. The summed E-state index contributed by atoms with van der Waals surface area (Å²) in [5.74, 6) is 1.75. The zero-order valence-corrected chi connectivity index (χ0v) is 12.4. The topological polar surface area (TPSA) is 26.0 Å². The molecule has 2 N–H and O–H groups in total. The van der Waals surface area contributed by atoms with E-state index in [1.807, 2.05) is 11.3 Å². The van der Waals surface area contributed by atoms with Crippen LogP contribution in [0.2, 0.25) is 0 Å². The van der Waals surface area contributed by atoms with E-state index in [4.69, 9.17) is 5.73 Å². The standard InChI is InChI=1S/C16H27NS/c1-2-13-6-3-7-14(12-13)16(17)10-4-8-15-9-5-11-18-15/h5,9,11,13-14,16H,2-4,6-8,10,12,17H2,1H3. The van der Waals surface area contributed by atoms with Gasteiger partial charge in [0.05, 0.1) is 0 Å². The predicted molar refractivity (Wildman–Crippen MR) is 81.0 cm³/mol. The zero-order chi connectivity index (χ0) is 12.8. The fourth-order valence-electron chi connectivity index (χ4n) is 3.29. The molecule has 1 fully saturated rings. The summed E-state index contributed by atoms with van der Waals surface area (Å²) in [5.41, 5.74) is 6.41. The van der Waals surface area contributed by atoms with Gasteiger partial charge in [0.25, 0.3) is 0 Å². The molecule has 0 aliphatic heterocycles. The van der Waals surface area contributed by atoms with Gasteiger partial charge in [0.1, 0.15) is 0 Å². The van der Waals surface area contributed by atoms with Gasteiger partial charge in [-0.05, 0) is 55.4 Å². The highest BCUT2D eigenvalue weighted by atomic mass is 32.1. The van der Waals surface area contributed by atoms with Crippen LogP contribution in [0.25, 0.3) is 0 Å². The molecule has 1 heterocycles. The molecule has 0 saturated heterocycles. The highest BCUT2D eigenvalue weighted by Crippen LogP contribution is 2.33. The minimum Gasteiger partial charge on any atom is -0.327 e. The molecule has 0 aromatic carbocycles. The van der Waals surface area contributed by atoms with Gasteiger partial charge in [-0.2, -0.15) is 0 Å². The Kier molecular flexibility index (Phi) is 5.71. The van der Waals surface area contributed by atoms with Crippen molar-refractivity contribution in [3.63, 3.8) is 0 Å². The fourth-order valence-corrected chi connectivity index (χ4v) is 4.05. The van der Waals surface area contributed by atoms with Gasteiger partial charge in [-0.15, -0.1) is 11.3 Å². The van der Waals surface area contributed by atoms with Crippen molar-refractivity contribution in [1.29, 1.82) is 0 Å². The molecule has 3 unspecified atom stereocenters. The van der Waals surface area contributed by atoms with E-state index < -0.39 is 0 Å². The minimum absolute atomic E-state index is 0.444. The van der Waals surface area contributed by atoms with E-state index in [0.29, 0.717) is 6.04 Å². The first-order valence-electron chi connectivity index (χ1n) is 7.57. The van der Waals surface area contributed by atoms with Gasteiger partial charge >= 0.3 is 0 Å². The molecule has 1 saturated carbocycles. The maximum absolute atomic E-state index is 6.41. The van der Waals surface area contributed by atoms with Crippen LogP contribution in [-0.2, 0) is 6.42 Å². The summed E-state index contributed by atoms with van der Waals surface area (Å²) in [6.07, 6.45) is 10.6. The Bertz CT molecular complexity index is 320. The lowest BCUT2D eigenvalue weighted by Crippen LogP contribution is -2.33. The van der Waals surface area contributed by atoms with Gasteiger partial charge in [0, 0.05) is 10.9 Å². The van der Waals surface area contributed by atoms with E-state index in [-0.39, 0.29) is 0 Å². The molecule has 2 rings (SSSR count). The van der Waals surface area contributed by atoms with Crippen molar-refractivity contribution in [3.8, 4) is 0 Å². The fraction of sp³-hybridized carbons (Fsp3) is 0.750. The Morgan fingerprint density at radius 1 is 1.44 bits per heavy atom. The molecular weight excluding hydrogens is 238 g/mol. The van der Waals surface area contributed by atoms with E-state index in [1.54, 1.807) is 0 Å². The lowest BCUT2D eigenvalue weighted by Gasteiger charge is -2.32. The summed E-state index contributed by atoms with van der Waals surface area (Å²) in [6, 6.07) is 4.83. The number of hydrogen-bond acceptors (Lipinski definition) is 2. The number of nitrogens with two attached hydrogens (primary N) is 1. The first-order chi connectivity index (χ1) is 8.79. The van der Waals surface area contributed by atoms with Crippen LogP contribution < -0.4 is 5.73 Å². The lowest BCUT2D eigenvalue weighted by atomic mass is 9.76. The van der Waals surface area contributed by atoms with Gasteiger partial charge in [0.2, 0.25) is 0 Å². The number of thiophene rings is 1. The molecule has 0 radical (unpaired) electrons. The predicted octanol–water partition coefficient (Wildman–Crippen LogP) is 4.61. The molecule has 1 aliphatic carbocycles. The van der Waals surface area contributed by atoms with Crippen LogP contribution in [-0.4, -0.2) is 6.04 Å². The quantitative estimate of drug-likeness (QED) is 0.798. The van der Waals surface area contributed by atoms with Crippen molar-refractivity contribution >= 4 is 11.3 Å². The van der Waals surface area contributed by atoms with Crippen LogP contribution in [0, 0.1) is 11.8 Å². The first-order valence-corrected chi connectivity index (χ1v) is 8.45. The van der Waals surface area contributed by atoms with Gasteiger partial charge in [0.15, 0.2) is 0 Å². The van der Waals surface area contributed by atoms with E-state index >= 15 is 0 Å². The summed E-state index contributed by atoms with van der Waals surface area (Å²) in [7, 11) is 0. The van der Waals surface area contributed by atoms with Gasteiger partial charge in [-0.1, -0.05) is 32.3 Å². The number of rotatable bonds is 6. The SMILES string of the molecule is CCC1CCCC(C(N)CCCc2cccs2)C1. The average molecular weight is 265 g/mol. The molecule has 102 valence electrons. The molecule has 18 heavy (non-hydrogen) atoms. The molecular formula is C16H27NS. The molecule has 0 amide bonds. The Hall–Kier alpha value is -0.340. The Morgan fingerprint density at radius 3 is 3.06 bits per heavy atom. The van der Waals surface area contributed by atoms with Crippen molar-refractivity contribution in [2.24, 2.45) is 17.6 Å². The smallest absolute Gasteiger partial charge is 0.00673 e. The lowest BCUT2D eigenvalue weighted by molar-refractivity contribution is 0.222. The third kappa shape index (κ3) is 4.10. The van der Waals surface area contributed by atoms with Gasteiger partial charge in [-0.3, -0.25) is 0 Å². The normalized spacial score (nSPS) is 26.1. The maximum atomic E-state index is 6.41. The van der Waals surface area contributed by atoms with Crippen molar-refractivity contribution in [2.75, 3.05) is 0 Å². The molecule has 0 bridgehead atoms. The summed E-state index contributed by atoms with van der Waals surface area (Å²) >= 11 is 1.87. The Morgan fingerprint density at radius 2 is 2.33 bits per heavy atom. The molecule has 1 aliphatic rings. The van der Waals surface area contributed by atoms with E-state index in [0.717, 1.165) is 11.8 Å². The molecule has 3 atom stereocenters. The van der Waals surface area contributed by atoms with Crippen molar-refractivity contribution in [1.82, 2.24) is 0 Å². The second-order valence-corrected chi connectivity index (χ2v) is 6.87. The van der Waals surface area contributed by atoms with Crippen LogP contribution in [0.1, 0.15) is 56.7 Å². The van der Waals surface area contributed by atoms with Crippen LogP contribution in [0.4, 0.5) is 0 Å². The molecule has 2 heteroatoms. The first kappa shape index (κ1) is 14.1. The third-order valence-electron chi connectivity index (χ3n) is 4.55. The molecule has 1 nitrogen and oxygen atoms in total. The molecule has 1 aromatic heterocycles. The van der Waals surface area contributed by atoms with E-state index in [2.05, 4.69) is 24.4 Å². The van der Waals surface area contributed by atoms with E-state index in [1.165, 1.54) is 56.2 Å². The van der Waals surface area contributed by atoms with Crippen molar-refractivity contribution in [2.45, 2.75) is 64.3 Å². The van der Waals surface area contributed by atoms with Crippen LogP contribution >= 0.6 is 11.3 Å².